The van der Waals surface area contributed by atoms with Crippen LogP contribution in [0.4, 0.5) is 0 Å². The van der Waals surface area contributed by atoms with Crippen LogP contribution in [0.2, 0.25) is 0 Å². The lowest BCUT2D eigenvalue weighted by Crippen LogP contribution is -2.33. The number of fused-ring (bicyclic) bond motifs is 1. The normalized spacial score (nSPS) is 13.3. The third-order valence-electron chi connectivity index (χ3n) is 6.19. The average molecular weight is 479 g/mol. The molecule has 0 spiro atoms. The number of aromatic nitrogens is 1. The van der Waals surface area contributed by atoms with E-state index in [1.807, 2.05) is 60.7 Å². The van der Waals surface area contributed by atoms with Gasteiger partial charge in [0.25, 0.3) is 5.56 Å². The Morgan fingerprint density at radius 3 is 2.42 bits per heavy atom. The van der Waals surface area contributed by atoms with Crippen LogP contribution in [-0.4, -0.2) is 24.4 Å². The summed E-state index contributed by atoms with van der Waals surface area (Å²) >= 11 is 0. The Bertz CT molecular complexity index is 1570. The predicted octanol–water partition coefficient (Wildman–Crippen LogP) is 4.96. The molecule has 7 heteroatoms. The van der Waals surface area contributed by atoms with Gasteiger partial charge >= 0.3 is 5.97 Å². The zero-order valence-corrected chi connectivity index (χ0v) is 19.5. The van der Waals surface area contributed by atoms with E-state index < -0.39 is 17.6 Å². The quantitative estimate of drug-likeness (QED) is 0.364. The Morgan fingerprint density at radius 1 is 1.06 bits per heavy atom. The summed E-state index contributed by atoms with van der Waals surface area (Å²) in [6, 6.07) is 25.2. The van der Waals surface area contributed by atoms with E-state index >= 15 is 0 Å². The van der Waals surface area contributed by atoms with E-state index in [0.29, 0.717) is 39.6 Å². The van der Waals surface area contributed by atoms with Crippen LogP contribution in [-0.2, 0) is 20.6 Å². The lowest BCUT2D eigenvalue weighted by molar-refractivity contribution is 0.0575. The predicted molar refractivity (Wildman–Crippen MR) is 134 cm³/mol. The van der Waals surface area contributed by atoms with Crippen LogP contribution in [0.3, 0.4) is 0 Å². The molecular weight excluding hydrogens is 456 g/mol. The second-order valence-electron chi connectivity index (χ2n) is 8.28. The van der Waals surface area contributed by atoms with E-state index in [9.17, 15) is 14.9 Å². The van der Waals surface area contributed by atoms with Crippen molar-refractivity contribution in [2.24, 2.45) is 0 Å². The molecule has 0 radical (unpaired) electrons. The number of hydrogen-bond acceptors (Lipinski definition) is 6. The van der Waals surface area contributed by atoms with Crippen molar-refractivity contribution >= 4 is 16.7 Å². The highest BCUT2D eigenvalue weighted by Gasteiger charge is 2.32. The molecule has 5 rings (SSSR count). The Balaban J connectivity index is 1.90. The lowest BCUT2D eigenvalue weighted by atomic mass is 9.94. The Labute approximate surface area is 207 Å². The van der Waals surface area contributed by atoms with Gasteiger partial charge in [-0.15, -0.1) is 0 Å². The molecule has 2 heterocycles. The monoisotopic (exact) mass is 478 g/mol. The summed E-state index contributed by atoms with van der Waals surface area (Å²) in [6.07, 6.45) is 1.85. The number of hydrogen-bond donors (Lipinski definition) is 0. The summed E-state index contributed by atoms with van der Waals surface area (Å²) in [6.45, 7) is 0.0214. The van der Waals surface area contributed by atoms with Gasteiger partial charge in [-0.25, -0.2) is 4.79 Å². The zero-order valence-electron chi connectivity index (χ0n) is 19.5. The third-order valence-corrected chi connectivity index (χ3v) is 6.19. The molecule has 0 bridgehead atoms. The fourth-order valence-electron chi connectivity index (χ4n) is 4.56. The molecule has 0 N–H and O–H groups in total. The zero-order chi connectivity index (χ0) is 25.1. The van der Waals surface area contributed by atoms with Crippen molar-refractivity contribution in [2.75, 3.05) is 13.9 Å². The van der Waals surface area contributed by atoms with Gasteiger partial charge in [-0.2, -0.15) is 5.26 Å². The molecule has 0 fully saturated rings. The SMILES string of the molecule is COC(=O)c1c(-c2ccccc2)c2cc(C#N)ccc2c(=O)n1C(Cc1ccccc1)C1=COCO1. The second kappa shape index (κ2) is 9.80. The molecule has 0 amide bonds. The maximum absolute atomic E-state index is 14.1. The van der Waals surface area contributed by atoms with Gasteiger partial charge in [-0.05, 0) is 34.7 Å². The van der Waals surface area contributed by atoms with Crippen molar-refractivity contribution in [1.82, 2.24) is 4.57 Å². The number of nitrogens with zero attached hydrogens (tertiary/aromatic N) is 2. The van der Waals surface area contributed by atoms with E-state index in [4.69, 9.17) is 14.2 Å². The molecule has 0 aliphatic carbocycles. The third kappa shape index (κ3) is 4.10. The Kier molecular flexibility index (Phi) is 6.25. The molecule has 36 heavy (non-hydrogen) atoms. The van der Waals surface area contributed by atoms with Gasteiger partial charge in [0.05, 0.1) is 18.7 Å². The molecule has 4 aromatic rings. The second-order valence-corrected chi connectivity index (χ2v) is 8.28. The van der Waals surface area contributed by atoms with Gasteiger partial charge in [-0.3, -0.25) is 9.36 Å². The summed E-state index contributed by atoms with van der Waals surface area (Å²) in [5.74, 6) is -0.245. The molecule has 1 aliphatic rings. The summed E-state index contributed by atoms with van der Waals surface area (Å²) < 4.78 is 17.7. The largest absolute Gasteiger partial charge is 0.464 e. The van der Waals surface area contributed by atoms with Crippen LogP contribution in [0.25, 0.3) is 21.9 Å². The summed E-state index contributed by atoms with van der Waals surface area (Å²) in [7, 11) is 1.28. The maximum Gasteiger partial charge on any atom is 0.355 e. The number of pyridine rings is 1. The number of rotatable bonds is 6. The number of esters is 1. The van der Waals surface area contributed by atoms with E-state index in [2.05, 4.69) is 6.07 Å². The molecule has 1 atom stereocenters. The van der Waals surface area contributed by atoms with Gasteiger partial charge in [0.1, 0.15) is 18.0 Å². The highest BCUT2D eigenvalue weighted by molar-refractivity contribution is 6.07. The van der Waals surface area contributed by atoms with Crippen LogP contribution in [0.1, 0.15) is 27.7 Å². The fourth-order valence-corrected chi connectivity index (χ4v) is 4.56. The van der Waals surface area contributed by atoms with Crippen molar-refractivity contribution in [2.45, 2.75) is 12.5 Å². The number of carbonyl (C=O) groups is 1. The molecule has 0 saturated carbocycles. The number of nitriles is 1. The lowest BCUT2D eigenvalue weighted by Gasteiger charge is -2.25. The smallest absolute Gasteiger partial charge is 0.355 e. The van der Waals surface area contributed by atoms with Crippen LogP contribution in [0.5, 0.6) is 0 Å². The first-order chi connectivity index (χ1) is 17.6. The molecule has 3 aromatic carbocycles. The van der Waals surface area contributed by atoms with E-state index in [-0.39, 0.29) is 12.5 Å². The molecule has 1 aromatic heterocycles. The van der Waals surface area contributed by atoms with Crippen molar-refractivity contribution in [3.05, 3.63) is 118 Å². The fraction of sp³-hybridized carbons (Fsp3) is 0.138. The standard InChI is InChI=1S/C29H22N2O5/c1-34-29(33)27-26(21-10-6-3-7-11-21)23-14-20(16-30)12-13-22(23)28(32)31(27)24(25-17-35-18-36-25)15-19-8-4-2-5-9-19/h2-14,17,24H,15,18H2,1H3. The first-order valence-electron chi connectivity index (χ1n) is 11.4. The summed E-state index contributed by atoms with van der Waals surface area (Å²) in [5.41, 5.74) is 2.22. The number of ether oxygens (including phenoxy) is 3. The van der Waals surface area contributed by atoms with Crippen molar-refractivity contribution < 1.29 is 19.0 Å². The molecule has 178 valence electrons. The Hall–Kier alpha value is -4.83. The molecular formula is C29H22N2O5. The topological polar surface area (TPSA) is 90.6 Å². The van der Waals surface area contributed by atoms with Crippen LogP contribution < -0.4 is 5.56 Å². The van der Waals surface area contributed by atoms with Gasteiger partial charge in [0.2, 0.25) is 6.79 Å². The van der Waals surface area contributed by atoms with Gasteiger partial charge < -0.3 is 14.2 Å². The van der Waals surface area contributed by atoms with E-state index in [1.54, 1.807) is 18.2 Å². The minimum Gasteiger partial charge on any atom is -0.464 e. The van der Waals surface area contributed by atoms with Gasteiger partial charge in [0.15, 0.2) is 5.76 Å². The molecule has 0 saturated heterocycles. The first kappa shape index (κ1) is 22.9. The molecule has 1 aliphatic heterocycles. The number of methoxy groups -OCH3 is 1. The van der Waals surface area contributed by atoms with Crippen LogP contribution in [0.15, 0.2) is 95.7 Å². The summed E-state index contributed by atoms with van der Waals surface area (Å²) in [5, 5.41) is 10.4. The van der Waals surface area contributed by atoms with Gasteiger partial charge in [0, 0.05) is 17.4 Å². The highest BCUT2D eigenvalue weighted by atomic mass is 16.7. The van der Waals surface area contributed by atoms with Crippen molar-refractivity contribution in [1.29, 1.82) is 5.26 Å². The van der Waals surface area contributed by atoms with Crippen molar-refractivity contribution in [3.63, 3.8) is 0 Å². The maximum atomic E-state index is 14.1. The van der Waals surface area contributed by atoms with Gasteiger partial charge in [-0.1, -0.05) is 60.7 Å². The minimum atomic E-state index is -0.681. The highest BCUT2D eigenvalue weighted by Crippen LogP contribution is 2.36. The molecule has 1 unspecified atom stereocenters. The average Bonchev–Trinajstić information content (AvgIpc) is 3.47. The minimum absolute atomic E-state index is 0.0214. The van der Waals surface area contributed by atoms with E-state index in [1.165, 1.54) is 17.9 Å². The van der Waals surface area contributed by atoms with Crippen molar-refractivity contribution in [3.8, 4) is 17.2 Å². The summed E-state index contributed by atoms with van der Waals surface area (Å²) in [4.78, 5) is 27.5. The number of benzene rings is 3. The van der Waals surface area contributed by atoms with Crippen LogP contribution >= 0.6 is 0 Å². The first-order valence-corrected chi connectivity index (χ1v) is 11.4. The number of carbonyl (C=O) groups excluding carboxylic acids is 1. The number of allylic oxidation sites excluding steroid dienone is 1. The molecule has 7 nitrogen and oxygen atoms in total. The van der Waals surface area contributed by atoms with Crippen LogP contribution in [0, 0.1) is 11.3 Å². The van der Waals surface area contributed by atoms with E-state index in [0.717, 1.165) is 5.56 Å². The Morgan fingerprint density at radius 2 is 1.78 bits per heavy atom.